The lowest BCUT2D eigenvalue weighted by Gasteiger charge is -2.35. The number of hydrogen-bond donors (Lipinski definition) is 1. The van der Waals surface area contributed by atoms with Crippen LogP contribution in [0.25, 0.3) is 6.08 Å². The Morgan fingerprint density at radius 1 is 1.06 bits per heavy atom. The first-order chi connectivity index (χ1) is 16.9. The van der Waals surface area contributed by atoms with Gasteiger partial charge in [-0.05, 0) is 72.0 Å². The summed E-state index contributed by atoms with van der Waals surface area (Å²) in [5, 5.41) is 2.33. The summed E-state index contributed by atoms with van der Waals surface area (Å²) in [6.07, 6.45) is 6.03. The normalized spacial score (nSPS) is 18.1. The molecule has 184 valence electrons. The minimum absolute atomic E-state index is 0.0714. The van der Waals surface area contributed by atoms with Gasteiger partial charge in [0, 0.05) is 6.04 Å². The van der Waals surface area contributed by atoms with E-state index in [1.165, 1.54) is 16.5 Å². The number of rotatable bonds is 7. The number of aryl methyl sites for hydroxylation is 1. The number of hydrogen-bond acceptors (Lipinski definition) is 5. The van der Waals surface area contributed by atoms with E-state index < -0.39 is 17.8 Å². The van der Waals surface area contributed by atoms with Crippen molar-refractivity contribution < 1.29 is 23.9 Å². The fraction of sp³-hybridized carbons (Fsp3) is 0.370. The minimum atomic E-state index is -0.694. The topological polar surface area (TPSA) is 84.9 Å². The maximum absolute atomic E-state index is 13.2. The predicted molar refractivity (Wildman–Crippen MR) is 136 cm³/mol. The van der Waals surface area contributed by atoms with Crippen LogP contribution in [0, 0.1) is 6.92 Å². The van der Waals surface area contributed by atoms with Gasteiger partial charge in [-0.1, -0.05) is 49.1 Å². The smallest absolute Gasteiger partial charge is 0.331 e. The quantitative estimate of drug-likeness (QED) is 0.368. The van der Waals surface area contributed by atoms with Gasteiger partial charge >= 0.3 is 6.03 Å². The Kier molecular flexibility index (Phi) is 7.90. The number of urea groups is 1. The Balaban J connectivity index is 1.61. The molecule has 2 fully saturated rings. The van der Waals surface area contributed by atoms with Crippen LogP contribution in [0.2, 0.25) is 0 Å². The van der Waals surface area contributed by atoms with E-state index in [2.05, 4.69) is 21.2 Å². The molecule has 1 saturated carbocycles. The van der Waals surface area contributed by atoms with Crippen LogP contribution < -0.4 is 14.8 Å². The molecule has 8 heteroatoms. The van der Waals surface area contributed by atoms with Gasteiger partial charge in [-0.2, -0.15) is 0 Å². The summed E-state index contributed by atoms with van der Waals surface area (Å²) in [7, 11) is 0. The molecule has 0 spiro atoms. The first-order valence-corrected chi connectivity index (χ1v) is 12.7. The summed E-state index contributed by atoms with van der Waals surface area (Å²) in [4.78, 5) is 39.5. The van der Waals surface area contributed by atoms with Crippen LogP contribution in [-0.2, 0) is 16.2 Å². The van der Waals surface area contributed by atoms with Crippen molar-refractivity contribution in [2.75, 3.05) is 6.61 Å². The largest absolute Gasteiger partial charge is 0.490 e. The second-order valence-electron chi connectivity index (χ2n) is 8.82. The van der Waals surface area contributed by atoms with Gasteiger partial charge in [-0.25, -0.2) is 4.79 Å². The van der Waals surface area contributed by atoms with E-state index in [1.54, 1.807) is 12.1 Å². The molecular weight excluding hydrogens is 512 g/mol. The molecule has 1 aliphatic carbocycles. The van der Waals surface area contributed by atoms with Crippen molar-refractivity contribution in [3.05, 3.63) is 63.1 Å². The van der Waals surface area contributed by atoms with Crippen LogP contribution in [0.1, 0.15) is 55.7 Å². The fourth-order valence-electron chi connectivity index (χ4n) is 4.42. The summed E-state index contributed by atoms with van der Waals surface area (Å²) in [6.45, 7) is 4.67. The summed E-state index contributed by atoms with van der Waals surface area (Å²) in [5.74, 6) is -0.224. The summed E-state index contributed by atoms with van der Waals surface area (Å²) in [5.41, 5.74) is 2.71. The van der Waals surface area contributed by atoms with Crippen LogP contribution in [0.3, 0.4) is 0 Å². The van der Waals surface area contributed by atoms with Gasteiger partial charge in [0.1, 0.15) is 12.2 Å². The lowest BCUT2D eigenvalue weighted by Crippen LogP contribution is -2.58. The molecular formula is C27H29BrN2O5. The Morgan fingerprint density at radius 3 is 2.46 bits per heavy atom. The van der Waals surface area contributed by atoms with E-state index in [-0.39, 0.29) is 11.6 Å². The number of nitrogens with one attached hydrogen (secondary N) is 1. The maximum Gasteiger partial charge on any atom is 0.331 e. The van der Waals surface area contributed by atoms with E-state index >= 15 is 0 Å². The number of imide groups is 2. The highest BCUT2D eigenvalue weighted by Gasteiger charge is 2.40. The minimum Gasteiger partial charge on any atom is -0.490 e. The first kappa shape index (κ1) is 25.0. The number of ether oxygens (including phenoxy) is 2. The zero-order valence-electron chi connectivity index (χ0n) is 19.9. The molecule has 0 bridgehead atoms. The Bertz CT molecular complexity index is 1150. The van der Waals surface area contributed by atoms with E-state index in [0.717, 1.165) is 37.7 Å². The highest BCUT2D eigenvalue weighted by molar-refractivity contribution is 9.10. The number of barbiturate groups is 1. The Hall–Kier alpha value is -3.13. The molecule has 4 rings (SSSR count). The number of amides is 4. The molecule has 1 aliphatic heterocycles. The lowest BCUT2D eigenvalue weighted by molar-refractivity contribution is -0.132. The fourth-order valence-corrected chi connectivity index (χ4v) is 5.00. The van der Waals surface area contributed by atoms with E-state index in [0.29, 0.717) is 34.7 Å². The molecule has 35 heavy (non-hydrogen) atoms. The van der Waals surface area contributed by atoms with Crippen molar-refractivity contribution in [3.8, 4) is 11.5 Å². The van der Waals surface area contributed by atoms with Crippen LogP contribution in [-0.4, -0.2) is 35.4 Å². The number of halogens is 1. The third-order valence-corrected chi connectivity index (χ3v) is 6.81. The molecule has 1 heterocycles. The van der Waals surface area contributed by atoms with Gasteiger partial charge in [-0.15, -0.1) is 0 Å². The average Bonchev–Trinajstić information content (AvgIpc) is 2.83. The van der Waals surface area contributed by atoms with Gasteiger partial charge in [0.25, 0.3) is 11.8 Å². The van der Waals surface area contributed by atoms with Crippen molar-refractivity contribution >= 4 is 39.9 Å². The van der Waals surface area contributed by atoms with Crippen LogP contribution in [0.5, 0.6) is 11.5 Å². The second-order valence-corrected chi connectivity index (χ2v) is 9.68. The zero-order chi connectivity index (χ0) is 24.9. The van der Waals surface area contributed by atoms with Crippen molar-refractivity contribution in [1.29, 1.82) is 0 Å². The standard InChI is InChI=1S/C27H29BrN2O5/c1-3-34-23-15-19(14-22(28)24(23)35-16-18-11-9-17(2)10-12-18)13-21-25(31)29-27(33)30(26(21)32)20-7-5-4-6-8-20/h9-15,20H,3-8,16H2,1-2H3,(H,29,31,33). The molecule has 2 aliphatic rings. The van der Waals surface area contributed by atoms with E-state index in [9.17, 15) is 14.4 Å². The molecule has 2 aromatic rings. The molecule has 7 nitrogen and oxygen atoms in total. The molecule has 0 radical (unpaired) electrons. The van der Waals surface area contributed by atoms with Gasteiger partial charge in [0.05, 0.1) is 11.1 Å². The number of carbonyl (C=O) groups excluding carboxylic acids is 3. The third-order valence-electron chi connectivity index (χ3n) is 6.22. The van der Waals surface area contributed by atoms with Crippen molar-refractivity contribution in [1.82, 2.24) is 10.2 Å². The van der Waals surface area contributed by atoms with E-state index in [1.807, 2.05) is 38.1 Å². The van der Waals surface area contributed by atoms with Crippen molar-refractivity contribution in [2.45, 2.75) is 58.6 Å². The summed E-state index contributed by atoms with van der Waals surface area (Å²) < 4.78 is 12.5. The zero-order valence-corrected chi connectivity index (χ0v) is 21.5. The molecule has 4 amide bonds. The highest BCUT2D eigenvalue weighted by Crippen LogP contribution is 2.38. The molecule has 0 unspecified atom stereocenters. The Morgan fingerprint density at radius 2 is 1.77 bits per heavy atom. The molecule has 1 saturated heterocycles. The van der Waals surface area contributed by atoms with Crippen molar-refractivity contribution in [2.24, 2.45) is 0 Å². The summed E-state index contributed by atoms with van der Waals surface area (Å²) in [6, 6.07) is 10.7. The van der Waals surface area contributed by atoms with Gasteiger partial charge in [0.15, 0.2) is 11.5 Å². The van der Waals surface area contributed by atoms with Gasteiger partial charge < -0.3 is 9.47 Å². The first-order valence-electron chi connectivity index (χ1n) is 11.9. The molecule has 1 N–H and O–H groups in total. The molecule has 0 atom stereocenters. The van der Waals surface area contributed by atoms with Crippen molar-refractivity contribution in [3.63, 3.8) is 0 Å². The number of nitrogens with zero attached hydrogens (tertiary/aromatic N) is 1. The average molecular weight is 541 g/mol. The van der Waals surface area contributed by atoms with Crippen LogP contribution in [0.4, 0.5) is 4.79 Å². The monoisotopic (exact) mass is 540 g/mol. The highest BCUT2D eigenvalue weighted by atomic mass is 79.9. The predicted octanol–water partition coefficient (Wildman–Crippen LogP) is 5.53. The van der Waals surface area contributed by atoms with Crippen LogP contribution >= 0.6 is 15.9 Å². The van der Waals surface area contributed by atoms with Gasteiger partial charge in [-0.3, -0.25) is 19.8 Å². The number of benzene rings is 2. The van der Waals surface area contributed by atoms with E-state index in [4.69, 9.17) is 9.47 Å². The second kappa shape index (κ2) is 11.1. The number of carbonyl (C=O) groups is 3. The molecule has 0 aromatic heterocycles. The summed E-state index contributed by atoms with van der Waals surface area (Å²) >= 11 is 3.55. The SMILES string of the molecule is CCOc1cc(C=C2C(=O)NC(=O)N(C3CCCCC3)C2=O)cc(Br)c1OCc1ccc(C)cc1. The van der Waals surface area contributed by atoms with Crippen LogP contribution in [0.15, 0.2) is 46.4 Å². The maximum atomic E-state index is 13.2. The molecule has 2 aromatic carbocycles. The third kappa shape index (κ3) is 5.75. The Labute approximate surface area is 213 Å². The van der Waals surface area contributed by atoms with Gasteiger partial charge in [0.2, 0.25) is 0 Å². The lowest BCUT2D eigenvalue weighted by atomic mass is 9.93.